The van der Waals surface area contributed by atoms with Gasteiger partial charge in [-0.1, -0.05) is 24.3 Å². The third kappa shape index (κ3) is 2.55. The average Bonchev–Trinajstić information content (AvgIpc) is 3.04. The third-order valence-electron chi connectivity index (χ3n) is 3.99. The second-order valence-corrected chi connectivity index (χ2v) is 5.57. The van der Waals surface area contributed by atoms with Crippen molar-refractivity contribution >= 4 is 5.97 Å². The number of fused-ring (bicyclic) bond motifs is 1. The molecule has 0 aliphatic carbocycles. The number of rotatable bonds is 3. The smallest absolute Gasteiger partial charge is 0.341 e. The number of hydrogen-bond donors (Lipinski definition) is 0. The monoisotopic (exact) mass is 346 g/mol. The molecule has 0 amide bonds. The van der Waals surface area contributed by atoms with Gasteiger partial charge in [0.25, 0.3) is 5.56 Å². The van der Waals surface area contributed by atoms with E-state index in [-0.39, 0.29) is 16.8 Å². The van der Waals surface area contributed by atoms with Crippen molar-refractivity contribution in [2.24, 2.45) is 0 Å². The van der Waals surface area contributed by atoms with E-state index < -0.39 is 5.97 Å². The lowest BCUT2D eigenvalue weighted by molar-refractivity contribution is 0.0600. The highest BCUT2D eigenvalue weighted by Crippen LogP contribution is 2.24. The Kier molecular flexibility index (Phi) is 3.81. The van der Waals surface area contributed by atoms with Gasteiger partial charge in [0.2, 0.25) is 0 Å². The molecule has 0 saturated carbocycles. The molecular formula is C19H14N4O3. The van der Waals surface area contributed by atoms with Crippen LogP contribution < -0.4 is 5.56 Å². The Morgan fingerprint density at radius 3 is 2.50 bits per heavy atom. The molecule has 0 N–H and O–H groups in total. The zero-order valence-corrected chi connectivity index (χ0v) is 13.9. The number of hydrogen-bond acceptors (Lipinski definition) is 5. The number of methoxy groups -OCH3 is 1. The minimum atomic E-state index is -0.571. The van der Waals surface area contributed by atoms with Crippen LogP contribution in [-0.4, -0.2) is 32.4 Å². The van der Waals surface area contributed by atoms with Gasteiger partial charge in [0.15, 0.2) is 0 Å². The topological polar surface area (TPSA) is 79.0 Å². The number of pyridine rings is 2. The molecule has 0 spiro atoms. The Labute approximate surface area is 148 Å². The first-order valence-electron chi connectivity index (χ1n) is 7.89. The lowest BCUT2D eigenvalue weighted by Crippen LogP contribution is -2.15. The number of aromatic nitrogens is 4. The molecule has 7 nitrogen and oxygen atoms in total. The number of ether oxygens (including phenoxy) is 1. The van der Waals surface area contributed by atoms with E-state index in [0.29, 0.717) is 17.1 Å². The van der Waals surface area contributed by atoms with Crippen molar-refractivity contribution in [2.45, 2.75) is 0 Å². The van der Waals surface area contributed by atoms with Crippen LogP contribution in [0.15, 0.2) is 71.9 Å². The maximum atomic E-state index is 12.9. The van der Waals surface area contributed by atoms with Gasteiger partial charge in [-0.2, -0.15) is 9.78 Å². The third-order valence-corrected chi connectivity index (χ3v) is 3.99. The summed E-state index contributed by atoms with van der Waals surface area (Å²) < 4.78 is 7.76. The van der Waals surface area contributed by atoms with Crippen molar-refractivity contribution in [1.82, 2.24) is 19.3 Å². The van der Waals surface area contributed by atoms with Gasteiger partial charge in [-0.05, 0) is 24.3 Å². The number of benzene rings is 1. The fraction of sp³-hybridized carbons (Fsp3) is 0.0526. The van der Waals surface area contributed by atoms with Crippen molar-refractivity contribution in [2.75, 3.05) is 7.11 Å². The molecule has 1 aromatic carbocycles. The van der Waals surface area contributed by atoms with Gasteiger partial charge < -0.3 is 9.30 Å². The average molecular weight is 346 g/mol. The molecule has 0 saturated heterocycles. The first-order valence-corrected chi connectivity index (χ1v) is 7.89. The SMILES string of the molecule is COC(=O)c1cn(-c2ccccn2)cc2c(=O)n(-c3ccccc3)nc1-2. The van der Waals surface area contributed by atoms with Gasteiger partial charge in [-0.25, -0.2) is 9.78 Å². The van der Waals surface area contributed by atoms with Crippen molar-refractivity contribution in [3.05, 3.63) is 83.0 Å². The quantitative estimate of drug-likeness (QED) is 0.532. The molecule has 1 aromatic heterocycles. The highest BCUT2D eigenvalue weighted by atomic mass is 16.5. The number of para-hydroxylation sites is 1. The molecule has 0 atom stereocenters. The Morgan fingerprint density at radius 1 is 1.04 bits per heavy atom. The Morgan fingerprint density at radius 2 is 1.81 bits per heavy atom. The minimum absolute atomic E-state index is 0.197. The Bertz CT molecular complexity index is 1100. The van der Waals surface area contributed by atoms with Crippen LogP contribution in [0.4, 0.5) is 0 Å². The zero-order chi connectivity index (χ0) is 18.1. The van der Waals surface area contributed by atoms with Crippen molar-refractivity contribution in [3.8, 4) is 22.8 Å². The summed E-state index contributed by atoms with van der Waals surface area (Å²) in [4.78, 5) is 29.4. The summed E-state index contributed by atoms with van der Waals surface area (Å²) in [7, 11) is 1.29. The summed E-state index contributed by atoms with van der Waals surface area (Å²) in [5.41, 5.74) is 1.10. The number of carbonyl (C=O) groups is 1. The lowest BCUT2D eigenvalue weighted by Gasteiger charge is -2.10. The van der Waals surface area contributed by atoms with Crippen LogP contribution in [0, 0.1) is 0 Å². The number of carbonyl (C=O) groups excluding carboxylic acids is 1. The van der Waals surface area contributed by atoms with Crippen molar-refractivity contribution < 1.29 is 9.53 Å². The van der Waals surface area contributed by atoms with Gasteiger partial charge in [0.1, 0.15) is 17.1 Å². The van der Waals surface area contributed by atoms with Crippen LogP contribution >= 0.6 is 0 Å². The van der Waals surface area contributed by atoms with Crippen LogP contribution in [0.5, 0.6) is 0 Å². The first kappa shape index (κ1) is 15.8. The summed E-state index contributed by atoms with van der Waals surface area (Å²) in [5, 5.41) is 4.36. The van der Waals surface area contributed by atoms with Gasteiger partial charge in [0.05, 0.1) is 18.4 Å². The van der Waals surface area contributed by atoms with E-state index in [1.807, 2.05) is 24.3 Å². The van der Waals surface area contributed by atoms with E-state index in [2.05, 4.69) is 10.1 Å². The van der Waals surface area contributed by atoms with Crippen LogP contribution in [-0.2, 0) is 4.74 Å². The normalized spacial score (nSPS) is 10.8. The summed E-state index contributed by atoms with van der Waals surface area (Å²) in [6.07, 6.45) is 4.83. The van der Waals surface area contributed by atoms with E-state index >= 15 is 0 Å². The zero-order valence-electron chi connectivity index (χ0n) is 13.9. The van der Waals surface area contributed by atoms with Gasteiger partial charge in [-0.3, -0.25) is 4.79 Å². The maximum Gasteiger partial charge on any atom is 0.341 e. The number of nitrogens with zero attached hydrogens (tertiary/aromatic N) is 4. The first-order chi connectivity index (χ1) is 12.7. The van der Waals surface area contributed by atoms with Crippen LogP contribution in [0.2, 0.25) is 0 Å². The highest BCUT2D eigenvalue weighted by molar-refractivity contribution is 5.96. The predicted molar refractivity (Wildman–Crippen MR) is 94.9 cm³/mol. The second kappa shape index (κ2) is 6.29. The maximum absolute atomic E-state index is 12.9. The molecule has 2 aliphatic rings. The molecule has 4 rings (SSSR count). The number of esters is 1. The highest BCUT2D eigenvalue weighted by Gasteiger charge is 2.25. The molecular weight excluding hydrogens is 332 g/mol. The van der Waals surface area contributed by atoms with Gasteiger partial charge in [-0.15, -0.1) is 0 Å². The molecule has 128 valence electrons. The Balaban J connectivity index is 2.01. The van der Waals surface area contributed by atoms with Gasteiger partial charge >= 0.3 is 5.97 Å². The molecule has 3 heterocycles. The summed E-state index contributed by atoms with van der Waals surface area (Å²) >= 11 is 0. The molecule has 26 heavy (non-hydrogen) atoms. The summed E-state index contributed by atoms with van der Waals surface area (Å²) in [6.45, 7) is 0. The fourth-order valence-electron chi connectivity index (χ4n) is 2.75. The molecule has 0 unspecified atom stereocenters. The van der Waals surface area contributed by atoms with Crippen LogP contribution in [0.1, 0.15) is 10.4 Å². The van der Waals surface area contributed by atoms with Crippen LogP contribution in [0.25, 0.3) is 22.8 Å². The van der Waals surface area contributed by atoms with Crippen molar-refractivity contribution in [1.29, 1.82) is 0 Å². The lowest BCUT2D eigenvalue weighted by atomic mass is 10.1. The predicted octanol–water partition coefficient (Wildman–Crippen LogP) is 2.31. The van der Waals surface area contributed by atoms with E-state index in [0.717, 1.165) is 0 Å². The molecule has 7 heteroatoms. The van der Waals surface area contributed by atoms with E-state index in [4.69, 9.17) is 4.74 Å². The largest absolute Gasteiger partial charge is 0.465 e. The standard InChI is InChI=1S/C19H14N4O3/c1-26-19(25)15-12-22(16-9-5-6-10-20-16)11-14-17(15)21-23(18(14)24)13-7-3-2-4-8-13/h2-12H,1H3. The van der Waals surface area contributed by atoms with Crippen LogP contribution in [0.3, 0.4) is 0 Å². The van der Waals surface area contributed by atoms with E-state index in [1.165, 1.54) is 11.8 Å². The Hall–Kier alpha value is -3.74. The minimum Gasteiger partial charge on any atom is -0.465 e. The molecule has 2 aromatic rings. The van der Waals surface area contributed by atoms with Crippen molar-refractivity contribution in [3.63, 3.8) is 0 Å². The van der Waals surface area contributed by atoms with E-state index in [9.17, 15) is 9.59 Å². The summed E-state index contributed by atoms with van der Waals surface area (Å²) in [6, 6.07) is 14.4. The summed E-state index contributed by atoms with van der Waals surface area (Å²) in [5.74, 6) is 0.00408. The fourth-order valence-corrected chi connectivity index (χ4v) is 2.75. The van der Waals surface area contributed by atoms with E-state index in [1.54, 1.807) is 47.4 Å². The second-order valence-electron chi connectivity index (χ2n) is 5.57. The molecule has 2 aliphatic heterocycles. The molecule has 0 radical (unpaired) electrons. The molecule has 0 bridgehead atoms. The van der Waals surface area contributed by atoms with Gasteiger partial charge in [0, 0.05) is 18.6 Å². The molecule has 0 fully saturated rings.